The largest absolute Gasteiger partial charge is 0.496 e. The van der Waals surface area contributed by atoms with E-state index < -0.39 is 0 Å². The highest BCUT2D eigenvalue weighted by Gasteiger charge is 2.12. The molecule has 0 fully saturated rings. The summed E-state index contributed by atoms with van der Waals surface area (Å²) in [5.41, 5.74) is 7.97. The predicted octanol–water partition coefficient (Wildman–Crippen LogP) is 4.26. The summed E-state index contributed by atoms with van der Waals surface area (Å²) in [6, 6.07) is 11.2. The Kier molecular flexibility index (Phi) is 3.87. The van der Waals surface area contributed by atoms with Crippen LogP contribution in [-0.2, 0) is 12.8 Å². The van der Waals surface area contributed by atoms with E-state index in [-0.39, 0.29) is 0 Å². The number of rotatable bonds is 3. The Labute approximate surface area is 127 Å². The second kappa shape index (κ2) is 5.80. The molecule has 0 atom stereocenters. The number of hydrogen-bond donors (Lipinski definition) is 1. The SMILES string of the molecule is COc1cc(C)cc(C)c1Cc1ccc2c(c1)CCCN2. The molecule has 21 heavy (non-hydrogen) atoms. The minimum Gasteiger partial charge on any atom is -0.496 e. The third-order valence-corrected chi connectivity index (χ3v) is 4.29. The Morgan fingerprint density at radius 3 is 2.81 bits per heavy atom. The summed E-state index contributed by atoms with van der Waals surface area (Å²) in [4.78, 5) is 0. The Morgan fingerprint density at radius 1 is 1.14 bits per heavy atom. The number of anilines is 1. The van der Waals surface area contributed by atoms with Crippen molar-refractivity contribution < 1.29 is 4.74 Å². The van der Waals surface area contributed by atoms with E-state index >= 15 is 0 Å². The average molecular weight is 281 g/mol. The van der Waals surface area contributed by atoms with Crippen molar-refractivity contribution in [1.29, 1.82) is 0 Å². The third kappa shape index (κ3) is 2.90. The zero-order valence-electron chi connectivity index (χ0n) is 13.1. The normalized spacial score (nSPS) is 13.5. The first kappa shape index (κ1) is 14.0. The molecule has 0 radical (unpaired) electrons. The van der Waals surface area contributed by atoms with Gasteiger partial charge in [0.05, 0.1) is 7.11 Å². The molecule has 110 valence electrons. The van der Waals surface area contributed by atoms with E-state index in [2.05, 4.69) is 49.5 Å². The molecule has 1 aliphatic heterocycles. The number of ether oxygens (including phenoxy) is 1. The Morgan fingerprint density at radius 2 is 2.00 bits per heavy atom. The summed E-state index contributed by atoms with van der Waals surface area (Å²) in [7, 11) is 1.76. The maximum Gasteiger partial charge on any atom is 0.122 e. The minimum absolute atomic E-state index is 0.933. The van der Waals surface area contributed by atoms with E-state index in [1.807, 2.05) is 0 Å². The van der Waals surface area contributed by atoms with Crippen molar-refractivity contribution in [3.05, 3.63) is 58.1 Å². The van der Waals surface area contributed by atoms with Gasteiger partial charge in [-0.25, -0.2) is 0 Å². The molecule has 3 rings (SSSR count). The number of nitrogens with one attached hydrogen (secondary N) is 1. The summed E-state index contributed by atoms with van der Waals surface area (Å²) in [5, 5.41) is 3.47. The molecular formula is C19H23NO. The smallest absolute Gasteiger partial charge is 0.122 e. The molecule has 0 bridgehead atoms. The highest BCUT2D eigenvalue weighted by molar-refractivity contribution is 5.55. The fraction of sp³-hybridized carbons (Fsp3) is 0.368. The molecule has 0 aliphatic carbocycles. The molecule has 0 unspecified atom stereocenters. The van der Waals surface area contributed by atoms with Crippen molar-refractivity contribution in [2.75, 3.05) is 19.0 Å². The first-order valence-corrected chi connectivity index (χ1v) is 7.67. The summed E-state index contributed by atoms with van der Waals surface area (Å²) < 4.78 is 5.58. The lowest BCUT2D eigenvalue weighted by Gasteiger charge is -2.19. The number of methoxy groups -OCH3 is 1. The van der Waals surface area contributed by atoms with Gasteiger partial charge >= 0.3 is 0 Å². The van der Waals surface area contributed by atoms with Gasteiger partial charge in [-0.2, -0.15) is 0 Å². The highest BCUT2D eigenvalue weighted by Crippen LogP contribution is 2.29. The minimum atomic E-state index is 0.933. The van der Waals surface area contributed by atoms with Gasteiger partial charge < -0.3 is 10.1 Å². The second-order valence-electron chi connectivity index (χ2n) is 5.96. The van der Waals surface area contributed by atoms with Crippen LogP contribution >= 0.6 is 0 Å². The van der Waals surface area contributed by atoms with Crippen molar-refractivity contribution in [3.63, 3.8) is 0 Å². The quantitative estimate of drug-likeness (QED) is 0.907. The summed E-state index contributed by atoms with van der Waals surface area (Å²) in [5.74, 6) is 1.00. The lowest BCUT2D eigenvalue weighted by molar-refractivity contribution is 0.410. The number of fused-ring (bicyclic) bond motifs is 1. The van der Waals surface area contributed by atoms with E-state index in [1.54, 1.807) is 7.11 Å². The summed E-state index contributed by atoms with van der Waals surface area (Å²) >= 11 is 0. The Balaban J connectivity index is 1.93. The molecule has 2 heteroatoms. The van der Waals surface area contributed by atoms with Crippen LogP contribution in [0.4, 0.5) is 5.69 Å². The molecule has 2 nitrogen and oxygen atoms in total. The summed E-state index contributed by atoms with van der Waals surface area (Å²) in [6.45, 7) is 5.38. The van der Waals surface area contributed by atoms with Crippen LogP contribution < -0.4 is 10.1 Å². The van der Waals surface area contributed by atoms with Crippen LogP contribution in [0.1, 0.15) is 34.2 Å². The van der Waals surface area contributed by atoms with Crippen molar-refractivity contribution in [3.8, 4) is 5.75 Å². The zero-order valence-corrected chi connectivity index (χ0v) is 13.1. The molecule has 0 aromatic heterocycles. The van der Waals surface area contributed by atoms with E-state index in [1.165, 1.54) is 46.3 Å². The molecule has 0 amide bonds. The van der Waals surface area contributed by atoms with Crippen LogP contribution in [0.2, 0.25) is 0 Å². The van der Waals surface area contributed by atoms with Gasteiger partial charge in [-0.3, -0.25) is 0 Å². The lowest BCUT2D eigenvalue weighted by atomic mass is 9.94. The molecule has 0 spiro atoms. The van der Waals surface area contributed by atoms with Gasteiger partial charge in [0, 0.05) is 24.2 Å². The van der Waals surface area contributed by atoms with Gasteiger partial charge in [-0.05, 0) is 61.1 Å². The lowest BCUT2D eigenvalue weighted by Crippen LogP contribution is -2.11. The van der Waals surface area contributed by atoms with E-state index in [0.717, 1.165) is 18.7 Å². The van der Waals surface area contributed by atoms with Crippen LogP contribution in [-0.4, -0.2) is 13.7 Å². The molecule has 2 aromatic carbocycles. The van der Waals surface area contributed by atoms with Gasteiger partial charge in [0.15, 0.2) is 0 Å². The van der Waals surface area contributed by atoms with E-state index in [9.17, 15) is 0 Å². The van der Waals surface area contributed by atoms with E-state index in [4.69, 9.17) is 4.74 Å². The van der Waals surface area contributed by atoms with Gasteiger partial charge in [-0.1, -0.05) is 18.2 Å². The van der Waals surface area contributed by atoms with Crippen LogP contribution in [0.5, 0.6) is 5.75 Å². The van der Waals surface area contributed by atoms with Crippen molar-refractivity contribution in [2.24, 2.45) is 0 Å². The highest BCUT2D eigenvalue weighted by atomic mass is 16.5. The number of benzene rings is 2. The average Bonchev–Trinajstić information content (AvgIpc) is 2.49. The molecule has 0 saturated heterocycles. The molecule has 2 aromatic rings. The topological polar surface area (TPSA) is 21.3 Å². The van der Waals surface area contributed by atoms with Gasteiger partial charge in [-0.15, -0.1) is 0 Å². The standard InChI is InChI=1S/C19H23NO/c1-13-9-14(2)17(19(10-13)21-3)12-15-6-7-18-16(11-15)5-4-8-20-18/h6-7,9-11,20H,4-5,8,12H2,1-3H3. The van der Waals surface area contributed by atoms with Crippen molar-refractivity contribution in [1.82, 2.24) is 0 Å². The molecule has 1 aliphatic rings. The third-order valence-electron chi connectivity index (χ3n) is 4.29. The Bertz CT molecular complexity index is 661. The van der Waals surface area contributed by atoms with Crippen molar-refractivity contribution in [2.45, 2.75) is 33.1 Å². The second-order valence-corrected chi connectivity index (χ2v) is 5.96. The van der Waals surface area contributed by atoms with Crippen molar-refractivity contribution >= 4 is 5.69 Å². The fourth-order valence-electron chi connectivity index (χ4n) is 3.21. The zero-order chi connectivity index (χ0) is 14.8. The monoisotopic (exact) mass is 281 g/mol. The number of hydrogen-bond acceptors (Lipinski definition) is 2. The molecule has 1 N–H and O–H groups in total. The first-order chi connectivity index (χ1) is 10.2. The van der Waals surface area contributed by atoms with Crippen LogP contribution in [0, 0.1) is 13.8 Å². The van der Waals surface area contributed by atoms with Crippen LogP contribution in [0.15, 0.2) is 30.3 Å². The van der Waals surface area contributed by atoms with Gasteiger partial charge in [0.25, 0.3) is 0 Å². The molecule has 0 saturated carbocycles. The maximum atomic E-state index is 5.58. The Hall–Kier alpha value is -1.96. The first-order valence-electron chi connectivity index (χ1n) is 7.67. The van der Waals surface area contributed by atoms with Gasteiger partial charge in [0.2, 0.25) is 0 Å². The predicted molar refractivity (Wildman–Crippen MR) is 88.5 cm³/mol. The fourth-order valence-corrected chi connectivity index (χ4v) is 3.21. The maximum absolute atomic E-state index is 5.58. The summed E-state index contributed by atoms with van der Waals surface area (Å²) in [6.07, 6.45) is 3.34. The molecular weight excluding hydrogens is 258 g/mol. The number of aryl methyl sites for hydroxylation is 3. The van der Waals surface area contributed by atoms with Crippen LogP contribution in [0.3, 0.4) is 0 Å². The van der Waals surface area contributed by atoms with E-state index in [0.29, 0.717) is 0 Å². The van der Waals surface area contributed by atoms with Crippen LogP contribution in [0.25, 0.3) is 0 Å². The molecule has 1 heterocycles. The van der Waals surface area contributed by atoms with Gasteiger partial charge in [0.1, 0.15) is 5.75 Å².